The van der Waals surface area contributed by atoms with Crippen LogP contribution >= 0.6 is 0 Å². The summed E-state index contributed by atoms with van der Waals surface area (Å²) in [5, 5.41) is 3.15. The van der Waals surface area contributed by atoms with Gasteiger partial charge in [-0.3, -0.25) is 4.79 Å². The predicted molar refractivity (Wildman–Crippen MR) is 68.1 cm³/mol. The molecule has 0 aliphatic rings. The van der Waals surface area contributed by atoms with Crippen LogP contribution in [0.15, 0.2) is 0 Å². The van der Waals surface area contributed by atoms with Crippen LogP contribution in [0.5, 0.6) is 0 Å². The fourth-order valence-corrected chi connectivity index (χ4v) is 1.49. The highest BCUT2D eigenvalue weighted by Crippen LogP contribution is 1.97. The quantitative estimate of drug-likeness (QED) is 0.539. The first-order valence-corrected chi connectivity index (χ1v) is 6.22. The topological polar surface area (TPSA) is 50.8 Å². The molecule has 0 aliphatic carbocycles. The molecule has 0 radical (unpaired) electrons. The van der Waals surface area contributed by atoms with Crippen LogP contribution in [-0.2, 0) is 14.3 Å². The number of carbonyl (C=O) groups is 1. The van der Waals surface area contributed by atoms with Gasteiger partial charge in [0.15, 0.2) is 0 Å². The van der Waals surface area contributed by atoms with Gasteiger partial charge in [0.2, 0.25) is 5.91 Å². The second-order valence-electron chi connectivity index (χ2n) is 3.82. The van der Waals surface area contributed by atoms with Gasteiger partial charge in [0.05, 0.1) is 6.61 Å². The lowest BCUT2D eigenvalue weighted by Gasteiger charge is -2.22. The number of nitrogens with one attached hydrogen (secondary N) is 1. The van der Waals surface area contributed by atoms with Crippen molar-refractivity contribution in [3.8, 4) is 0 Å². The molecule has 0 aromatic heterocycles. The van der Waals surface area contributed by atoms with Gasteiger partial charge in [-0.2, -0.15) is 0 Å². The van der Waals surface area contributed by atoms with E-state index in [2.05, 4.69) is 5.32 Å². The van der Waals surface area contributed by atoms with Crippen molar-refractivity contribution in [2.45, 2.75) is 19.8 Å². The summed E-state index contributed by atoms with van der Waals surface area (Å²) in [6, 6.07) is 0. The number of nitrogens with zero attached hydrogens (tertiary/aromatic N) is 1. The standard InChI is InChI=1S/C12H26N2O3/c1-4-13-7-6-12(15)14(9-11-17-3)8-5-10-16-2/h13H,4-11H2,1-3H3. The molecular formula is C12H26N2O3. The van der Waals surface area contributed by atoms with Crippen LogP contribution in [0.25, 0.3) is 0 Å². The van der Waals surface area contributed by atoms with Crippen molar-refractivity contribution in [3.63, 3.8) is 0 Å². The second kappa shape index (κ2) is 11.8. The minimum atomic E-state index is 0.180. The molecule has 102 valence electrons. The van der Waals surface area contributed by atoms with E-state index < -0.39 is 0 Å². The molecule has 1 amide bonds. The minimum absolute atomic E-state index is 0.180. The van der Waals surface area contributed by atoms with Crippen LogP contribution in [0.2, 0.25) is 0 Å². The highest BCUT2D eigenvalue weighted by atomic mass is 16.5. The predicted octanol–water partition coefficient (Wildman–Crippen LogP) is 0.498. The van der Waals surface area contributed by atoms with Crippen molar-refractivity contribution in [2.75, 3.05) is 53.6 Å². The van der Waals surface area contributed by atoms with Gasteiger partial charge in [-0.15, -0.1) is 0 Å². The second-order valence-corrected chi connectivity index (χ2v) is 3.82. The van der Waals surface area contributed by atoms with E-state index in [-0.39, 0.29) is 5.91 Å². The Kier molecular flexibility index (Phi) is 11.4. The Morgan fingerprint density at radius 3 is 2.47 bits per heavy atom. The molecule has 0 saturated carbocycles. The number of rotatable bonds is 11. The summed E-state index contributed by atoms with van der Waals surface area (Å²) < 4.78 is 10.0. The maximum atomic E-state index is 11.9. The van der Waals surface area contributed by atoms with E-state index in [0.29, 0.717) is 26.2 Å². The fourth-order valence-electron chi connectivity index (χ4n) is 1.49. The maximum Gasteiger partial charge on any atom is 0.223 e. The zero-order valence-corrected chi connectivity index (χ0v) is 11.3. The van der Waals surface area contributed by atoms with Gasteiger partial charge < -0.3 is 19.7 Å². The lowest BCUT2D eigenvalue weighted by Crippen LogP contribution is -2.36. The largest absolute Gasteiger partial charge is 0.385 e. The average molecular weight is 246 g/mol. The third kappa shape index (κ3) is 9.09. The minimum Gasteiger partial charge on any atom is -0.385 e. The summed E-state index contributed by atoms with van der Waals surface area (Å²) in [7, 11) is 3.32. The molecule has 0 spiro atoms. The van der Waals surface area contributed by atoms with E-state index >= 15 is 0 Å². The Bertz CT molecular complexity index is 189. The molecule has 0 aromatic rings. The van der Waals surface area contributed by atoms with Crippen molar-refractivity contribution in [1.29, 1.82) is 0 Å². The fraction of sp³-hybridized carbons (Fsp3) is 0.917. The van der Waals surface area contributed by atoms with E-state index in [1.54, 1.807) is 14.2 Å². The number of carbonyl (C=O) groups excluding carboxylic acids is 1. The van der Waals surface area contributed by atoms with Crippen LogP contribution < -0.4 is 5.32 Å². The van der Waals surface area contributed by atoms with Crippen molar-refractivity contribution >= 4 is 5.91 Å². The van der Waals surface area contributed by atoms with Crippen LogP contribution in [0.1, 0.15) is 19.8 Å². The Labute approximate surface area is 104 Å². The lowest BCUT2D eigenvalue weighted by molar-refractivity contribution is -0.131. The van der Waals surface area contributed by atoms with Crippen molar-refractivity contribution in [3.05, 3.63) is 0 Å². The number of amides is 1. The van der Waals surface area contributed by atoms with Crippen LogP contribution in [0, 0.1) is 0 Å². The van der Waals surface area contributed by atoms with E-state index in [1.807, 2.05) is 11.8 Å². The molecule has 17 heavy (non-hydrogen) atoms. The highest BCUT2D eigenvalue weighted by Gasteiger charge is 2.11. The summed E-state index contributed by atoms with van der Waals surface area (Å²) in [5.41, 5.74) is 0. The molecule has 5 nitrogen and oxygen atoms in total. The van der Waals surface area contributed by atoms with Crippen LogP contribution in [-0.4, -0.2) is 64.4 Å². The van der Waals surface area contributed by atoms with Gasteiger partial charge >= 0.3 is 0 Å². The Morgan fingerprint density at radius 2 is 1.88 bits per heavy atom. The first kappa shape index (κ1) is 16.4. The molecule has 0 heterocycles. The monoisotopic (exact) mass is 246 g/mol. The van der Waals surface area contributed by atoms with E-state index in [9.17, 15) is 4.79 Å². The summed E-state index contributed by atoms with van der Waals surface area (Å²) in [6.45, 7) is 6.33. The van der Waals surface area contributed by atoms with E-state index in [1.165, 1.54) is 0 Å². The summed E-state index contributed by atoms with van der Waals surface area (Å²) in [6.07, 6.45) is 1.41. The molecule has 0 aliphatic heterocycles. The molecule has 0 atom stereocenters. The SMILES string of the molecule is CCNCCC(=O)N(CCCOC)CCOC. The van der Waals surface area contributed by atoms with Crippen LogP contribution in [0.3, 0.4) is 0 Å². The maximum absolute atomic E-state index is 11.9. The van der Waals surface area contributed by atoms with Gasteiger partial charge in [0, 0.05) is 46.9 Å². The molecule has 0 fully saturated rings. The lowest BCUT2D eigenvalue weighted by atomic mass is 10.3. The van der Waals surface area contributed by atoms with Gasteiger partial charge in [-0.1, -0.05) is 6.92 Å². The molecule has 0 bridgehead atoms. The number of ether oxygens (including phenoxy) is 2. The van der Waals surface area contributed by atoms with Crippen molar-refractivity contribution in [2.24, 2.45) is 0 Å². The first-order chi connectivity index (χ1) is 8.26. The van der Waals surface area contributed by atoms with Gasteiger partial charge in [0.25, 0.3) is 0 Å². The highest BCUT2D eigenvalue weighted by molar-refractivity contribution is 5.76. The smallest absolute Gasteiger partial charge is 0.223 e. The molecular weight excluding hydrogens is 220 g/mol. The number of hydrogen-bond donors (Lipinski definition) is 1. The number of hydrogen-bond acceptors (Lipinski definition) is 4. The molecule has 0 rings (SSSR count). The average Bonchev–Trinajstić information content (AvgIpc) is 2.33. The molecule has 0 saturated heterocycles. The summed E-state index contributed by atoms with van der Waals surface area (Å²) in [5.74, 6) is 0.180. The Balaban J connectivity index is 3.91. The van der Waals surface area contributed by atoms with Crippen molar-refractivity contribution < 1.29 is 14.3 Å². The zero-order chi connectivity index (χ0) is 12.9. The molecule has 0 aromatic carbocycles. The van der Waals surface area contributed by atoms with Gasteiger partial charge in [0.1, 0.15) is 0 Å². The Morgan fingerprint density at radius 1 is 1.18 bits per heavy atom. The molecule has 0 unspecified atom stereocenters. The third-order valence-corrected chi connectivity index (χ3v) is 2.46. The first-order valence-electron chi connectivity index (χ1n) is 6.22. The van der Waals surface area contributed by atoms with E-state index in [0.717, 1.165) is 26.1 Å². The third-order valence-electron chi connectivity index (χ3n) is 2.46. The van der Waals surface area contributed by atoms with Gasteiger partial charge in [-0.25, -0.2) is 0 Å². The van der Waals surface area contributed by atoms with Crippen molar-refractivity contribution in [1.82, 2.24) is 10.2 Å². The molecule has 1 N–H and O–H groups in total. The summed E-state index contributed by atoms with van der Waals surface area (Å²) in [4.78, 5) is 13.8. The summed E-state index contributed by atoms with van der Waals surface area (Å²) >= 11 is 0. The molecule has 5 heteroatoms. The zero-order valence-electron chi connectivity index (χ0n) is 11.3. The van der Waals surface area contributed by atoms with Gasteiger partial charge in [-0.05, 0) is 13.0 Å². The Hall–Kier alpha value is -0.650. The normalized spacial score (nSPS) is 10.5. The number of methoxy groups -OCH3 is 2. The van der Waals surface area contributed by atoms with Crippen LogP contribution in [0.4, 0.5) is 0 Å². The van der Waals surface area contributed by atoms with E-state index in [4.69, 9.17) is 9.47 Å².